The summed E-state index contributed by atoms with van der Waals surface area (Å²) in [5, 5.41) is 9.00. The summed E-state index contributed by atoms with van der Waals surface area (Å²) in [6.45, 7) is 2.75. The minimum Gasteiger partial charge on any atom is -0.477 e. The Balaban J connectivity index is 2.17. The number of carboxylic acids is 1. The van der Waals surface area contributed by atoms with Crippen LogP contribution >= 0.6 is 0 Å². The van der Waals surface area contributed by atoms with Gasteiger partial charge in [-0.3, -0.25) is 0 Å². The van der Waals surface area contributed by atoms with E-state index in [9.17, 15) is 13.2 Å². The van der Waals surface area contributed by atoms with Gasteiger partial charge in [0, 0.05) is 26.4 Å². The Bertz CT molecular complexity index is 663. The van der Waals surface area contributed by atoms with Gasteiger partial charge < -0.3 is 14.7 Å². The van der Waals surface area contributed by atoms with Crippen molar-refractivity contribution in [1.82, 2.24) is 9.97 Å². The summed E-state index contributed by atoms with van der Waals surface area (Å²) < 4.78 is 29.2. The zero-order valence-electron chi connectivity index (χ0n) is 13.2. The summed E-state index contributed by atoms with van der Waals surface area (Å²) in [4.78, 5) is 20.8. The molecule has 0 spiro atoms. The molecule has 1 aliphatic heterocycles. The van der Waals surface area contributed by atoms with Gasteiger partial charge in [-0.25, -0.2) is 23.2 Å². The number of aromatic nitrogens is 2. The second-order valence-corrected chi connectivity index (χ2v) is 7.97. The van der Waals surface area contributed by atoms with Crippen LogP contribution < -0.4 is 4.90 Å². The Morgan fingerprint density at radius 2 is 2.09 bits per heavy atom. The van der Waals surface area contributed by atoms with Crippen LogP contribution in [0.25, 0.3) is 0 Å². The summed E-state index contributed by atoms with van der Waals surface area (Å²) >= 11 is 0. The number of nitrogens with zero attached hydrogens (tertiary/aromatic N) is 3. The number of rotatable bonds is 6. The second-order valence-electron chi connectivity index (χ2n) is 5.67. The highest BCUT2D eigenvalue weighted by molar-refractivity contribution is 7.91. The van der Waals surface area contributed by atoms with Gasteiger partial charge in [0.15, 0.2) is 15.5 Å². The van der Waals surface area contributed by atoms with Crippen LogP contribution in [0.15, 0.2) is 12.3 Å². The molecule has 0 saturated carbocycles. The zero-order valence-corrected chi connectivity index (χ0v) is 14.0. The van der Waals surface area contributed by atoms with E-state index in [-0.39, 0.29) is 23.1 Å². The molecule has 1 saturated heterocycles. The highest BCUT2D eigenvalue weighted by Gasteiger charge is 2.39. The molecule has 128 valence electrons. The van der Waals surface area contributed by atoms with Crippen LogP contribution in [-0.4, -0.2) is 66.8 Å². The normalized spacial score (nSPS) is 19.2. The van der Waals surface area contributed by atoms with Gasteiger partial charge in [0.05, 0.1) is 17.1 Å². The molecule has 1 aliphatic rings. The molecule has 1 aromatic heterocycles. The van der Waals surface area contributed by atoms with E-state index in [1.807, 2.05) is 6.92 Å². The van der Waals surface area contributed by atoms with E-state index in [1.54, 1.807) is 11.9 Å². The van der Waals surface area contributed by atoms with E-state index in [0.717, 1.165) is 0 Å². The van der Waals surface area contributed by atoms with Crippen molar-refractivity contribution in [2.75, 3.05) is 36.6 Å². The molecule has 0 aliphatic carbocycles. The number of aromatic carboxylic acids is 1. The highest BCUT2D eigenvalue weighted by Crippen LogP contribution is 2.29. The molecule has 9 heteroatoms. The summed E-state index contributed by atoms with van der Waals surface area (Å²) in [5.74, 6) is -0.656. The summed E-state index contributed by atoms with van der Waals surface area (Å²) in [7, 11) is -1.26. The minimum absolute atomic E-state index is 0.0847. The number of likely N-dealkylation sites (N-methyl/N-ethyl adjacent to an activating group) is 1. The first-order valence-electron chi connectivity index (χ1n) is 7.39. The standard InChI is InChI=1S/C14H21N3O5S/c1-3-22-14(5-8-23(20,21)9-6-14)10-17(2)13-15-7-4-11(16-13)12(18)19/h4,7H,3,5-6,8-10H2,1-2H3,(H,18,19). The molecule has 0 bridgehead atoms. The van der Waals surface area contributed by atoms with E-state index in [1.165, 1.54) is 12.3 Å². The van der Waals surface area contributed by atoms with Gasteiger partial charge in [-0.05, 0) is 25.8 Å². The molecule has 2 rings (SSSR count). The average Bonchev–Trinajstić information content (AvgIpc) is 2.51. The molecule has 23 heavy (non-hydrogen) atoms. The van der Waals surface area contributed by atoms with E-state index in [0.29, 0.717) is 26.0 Å². The van der Waals surface area contributed by atoms with Gasteiger partial charge in [0.2, 0.25) is 5.95 Å². The lowest BCUT2D eigenvalue weighted by Crippen LogP contribution is -2.49. The largest absolute Gasteiger partial charge is 0.477 e. The van der Waals surface area contributed by atoms with Gasteiger partial charge in [0.25, 0.3) is 0 Å². The number of hydrogen-bond acceptors (Lipinski definition) is 7. The lowest BCUT2D eigenvalue weighted by molar-refractivity contribution is -0.0397. The molecular weight excluding hydrogens is 322 g/mol. The molecule has 2 heterocycles. The molecule has 0 radical (unpaired) electrons. The van der Waals surface area contributed by atoms with Crippen molar-refractivity contribution in [2.24, 2.45) is 0 Å². The van der Waals surface area contributed by atoms with Crippen LogP contribution in [0, 0.1) is 0 Å². The number of sulfone groups is 1. The monoisotopic (exact) mass is 343 g/mol. The van der Waals surface area contributed by atoms with E-state index >= 15 is 0 Å². The Labute approximate surface area is 135 Å². The molecular formula is C14H21N3O5S. The van der Waals surface area contributed by atoms with Crippen molar-refractivity contribution in [3.8, 4) is 0 Å². The molecule has 0 unspecified atom stereocenters. The number of ether oxygens (including phenoxy) is 1. The topological polar surface area (TPSA) is 110 Å². The van der Waals surface area contributed by atoms with Crippen LogP contribution in [0.1, 0.15) is 30.3 Å². The predicted octanol–water partition coefficient (Wildman–Crippen LogP) is 0.595. The van der Waals surface area contributed by atoms with E-state index in [4.69, 9.17) is 9.84 Å². The fourth-order valence-corrected chi connectivity index (χ4v) is 4.29. The fourth-order valence-electron chi connectivity index (χ4n) is 2.72. The third-order valence-corrected chi connectivity index (χ3v) is 5.57. The quantitative estimate of drug-likeness (QED) is 0.799. The summed E-state index contributed by atoms with van der Waals surface area (Å²) in [6.07, 6.45) is 2.21. The Morgan fingerprint density at radius 3 is 2.65 bits per heavy atom. The number of carboxylic acid groups (broad SMARTS) is 1. The number of anilines is 1. The van der Waals surface area contributed by atoms with Crippen LogP contribution in [0.3, 0.4) is 0 Å². The molecule has 1 N–H and O–H groups in total. The molecule has 0 atom stereocenters. The van der Waals surface area contributed by atoms with Gasteiger partial charge in [-0.1, -0.05) is 0 Å². The van der Waals surface area contributed by atoms with E-state index in [2.05, 4.69) is 9.97 Å². The summed E-state index contributed by atoms with van der Waals surface area (Å²) in [5.41, 5.74) is -0.671. The Hall–Kier alpha value is -1.74. The maximum atomic E-state index is 11.7. The first-order valence-corrected chi connectivity index (χ1v) is 9.21. The van der Waals surface area contributed by atoms with Gasteiger partial charge >= 0.3 is 5.97 Å². The third-order valence-electron chi connectivity index (χ3n) is 3.92. The number of carbonyl (C=O) groups is 1. The van der Waals surface area contributed by atoms with Crippen LogP contribution in [-0.2, 0) is 14.6 Å². The van der Waals surface area contributed by atoms with E-state index < -0.39 is 21.4 Å². The molecule has 0 amide bonds. The summed E-state index contributed by atoms with van der Waals surface area (Å²) in [6, 6.07) is 1.32. The van der Waals surface area contributed by atoms with Gasteiger partial charge in [-0.2, -0.15) is 0 Å². The van der Waals surface area contributed by atoms with Gasteiger partial charge in [0.1, 0.15) is 0 Å². The van der Waals surface area contributed by atoms with Crippen LogP contribution in [0.2, 0.25) is 0 Å². The average molecular weight is 343 g/mol. The Morgan fingerprint density at radius 1 is 1.43 bits per heavy atom. The molecule has 1 aromatic rings. The van der Waals surface area contributed by atoms with Gasteiger partial charge in [-0.15, -0.1) is 0 Å². The molecule has 0 aromatic carbocycles. The first-order chi connectivity index (χ1) is 10.8. The Kier molecular flexibility index (Phi) is 5.20. The smallest absolute Gasteiger partial charge is 0.354 e. The lowest BCUT2D eigenvalue weighted by Gasteiger charge is -2.39. The maximum Gasteiger partial charge on any atom is 0.354 e. The van der Waals surface area contributed by atoms with Crippen molar-refractivity contribution in [2.45, 2.75) is 25.4 Å². The minimum atomic E-state index is -3.00. The number of hydrogen-bond donors (Lipinski definition) is 1. The molecule has 8 nitrogen and oxygen atoms in total. The highest BCUT2D eigenvalue weighted by atomic mass is 32.2. The van der Waals surface area contributed by atoms with Crippen molar-refractivity contribution < 1.29 is 23.1 Å². The van der Waals surface area contributed by atoms with Crippen molar-refractivity contribution in [3.63, 3.8) is 0 Å². The second kappa shape index (κ2) is 6.79. The SMILES string of the molecule is CCOC1(CN(C)c2nccc(C(=O)O)n2)CCS(=O)(=O)CC1. The van der Waals surface area contributed by atoms with Crippen LogP contribution in [0.5, 0.6) is 0 Å². The zero-order chi connectivity index (χ0) is 17.1. The maximum absolute atomic E-state index is 11.7. The lowest BCUT2D eigenvalue weighted by atomic mass is 9.95. The van der Waals surface area contributed by atoms with Crippen molar-refractivity contribution >= 4 is 21.8 Å². The third kappa shape index (κ3) is 4.38. The first kappa shape index (κ1) is 17.6. The fraction of sp³-hybridized carbons (Fsp3) is 0.643. The van der Waals surface area contributed by atoms with Crippen LogP contribution in [0.4, 0.5) is 5.95 Å². The van der Waals surface area contributed by atoms with Crippen molar-refractivity contribution in [1.29, 1.82) is 0 Å². The molecule has 1 fully saturated rings. The van der Waals surface area contributed by atoms with Crippen molar-refractivity contribution in [3.05, 3.63) is 18.0 Å². The predicted molar refractivity (Wildman–Crippen MR) is 84.5 cm³/mol.